The topological polar surface area (TPSA) is 26.0 Å². The number of rotatable bonds is 3. The van der Waals surface area contributed by atoms with E-state index in [4.69, 9.17) is 5.73 Å². The van der Waals surface area contributed by atoms with E-state index in [-0.39, 0.29) is 18.8 Å². The van der Waals surface area contributed by atoms with Crippen LogP contribution in [0, 0.1) is 12.7 Å². The third-order valence-corrected chi connectivity index (χ3v) is 2.38. The normalized spacial score (nSPS) is 13.1. The van der Waals surface area contributed by atoms with Crippen molar-refractivity contribution in [3.63, 3.8) is 0 Å². The van der Waals surface area contributed by atoms with Crippen LogP contribution in [0.2, 0.25) is 0 Å². The molecule has 0 bridgehead atoms. The third kappa shape index (κ3) is 5.37. The van der Waals surface area contributed by atoms with Crippen molar-refractivity contribution in [2.45, 2.75) is 32.0 Å². The SMILES string of the molecule is Cc1ccc(F)cc1[C@@H](N)CCC(F)(F)F.Cl. The molecule has 6 heteroatoms. The Balaban J connectivity index is 0.00000256. The number of benzene rings is 1. The first-order valence-corrected chi connectivity index (χ1v) is 4.88. The van der Waals surface area contributed by atoms with Gasteiger partial charge in [0.1, 0.15) is 5.82 Å². The zero-order valence-electron chi connectivity index (χ0n) is 9.22. The Morgan fingerprint density at radius 3 is 2.41 bits per heavy atom. The lowest BCUT2D eigenvalue weighted by Gasteiger charge is -2.15. The largest absolute Gasteiger partial charge is 0.389 e. The first-order chi connectivity index (χ1) is 7.29. The Morgan fingerprint density at radius 1 is 1.29 bits per heavy atom. The molecular formula is C11H14ClF4N. The molecule has 0 heterocycles. The Bertz CT molecular complexity index is 365. The van der Waals surface area contributed by atoms with Gasteiger partial charge in [-0.15, -0.1) is 12.4 Å². The van der Waals surface area contributed by atoms with E-state index >= 15 is 0 Å². The average molecular weight is 272 g/mol. The Hall–Kier alpha value is -0.810. The molecule has 17 heavy (non-hydrogen) atoms. The van der Waals surface area contributed by atoms with Crippen molar-refractivity contribution < 1.29 is 17.6 Å². The molecule has 0 amide bonds. The summed E-state index contributed by atoms with van der Waals surface area (Å²) in [6, 6.07) is 3.18. The second-order valence-corrected chi connectivity index (χ2v) is 3.76. The van der Waals surface area contributed by atoms with Crippen LogP contribution >= 0.6 is 12.4 Å². The number of nitrogens with two attached hydrogens (primary N) is 1. The fourth-order valence-electron chi connectivity index (χ4n) is 1.49. The second-order valence-electron chi connectivity index (χ2n) is 3.76. The number of aryl methyl sites for hydroxylation is 1. The summed E-state index contributed by atoms with van der Waals surface area (Å²) in [5.41, 5.74) is 6.74. The first-order valence-electron chi connectivity index (χ1n) is 4.88. The molecule has 0 spiro atoms. The molecule has 0 fully saturated rings. The van der Waals surface area contributed by atoms with Crippen molar-refractivity contribution in [3.8, 4) is 0 Å². The van der Waals surface area contributed by atoms with Gasteiger partial charge in [0.15, 0.2) is 0 Å². The smallest absolute Gasteiger partial charge is 0.324 e. The molecule has 0 aliphatic heterocycles. The fraction of sp³-hybridized carbons (Fsp3) is 0.455. The Morgan fingerprint density at radius 2 is 1.88 bits per heavy atom. The molecule has 0 saturated carbocycles. The standard InChI is InChI=1S/C11H13F4N.ClH/c1-7-2-3-8(12)6-9(7)10(16)4-5-11(13,14)15;/h2-3,6,10H,4-5,16H2,1H3;1H/t10-;/m0./s1. The molecule has 0 saturated heterocycles. The van der Waals surface area contributed by atoms with E-state index in [0.29, 0.717) is 11.1 Å². The van der Waals surface area contributed by atoms with Gasteiger partial charge < -0.3 is 5.73 Å². The number of hydrogen-bond acceptors (Lipinski definition) is 1. The van der Waals surface area contributed by atoms with Crippen LogP contribution in [0.4, 0.5) is 17.6 Å². The summed E-state index contributed by atoms with van der Waals surface area (Å²) < 4.78 is 48.8. The Kier molecular flexibility index (Phi) is 5.92. The zero-order chi connectivity index (χ0) is 12.3. The zero-order valence-corrected chi connectivity index (χ0v) is 10.0. The van der Waals surface area contributed by atoms with Gasteiger partial charge in [0, 0.05) is 12.5 Å². The van der Waals surface area contributed by atoms with E-state index in [1.807, 2.05) is 0 Å². The van der Waals surface area contributed by atoms with Gasteiger partial charge in [-0.3, -0.25) is 0 Å². The van der Waals surface area contributed by atoms with Crippen LogP contribution in [0.5, 0.6) is 0 Å². The van der Waals surface area contributed by atoms with Crippen LogP contribution in [0.25, 0.3) is 0 Å². The van der Waals surface area contributed by atoms with E-state index < -0.39 is 24.5 Å². The molecule has 1 rings (SSSR count). The molecule has 0 radical (unpaired) electrons. The van der Waals surface area contributed by atoms with Gasteiger partial charge in [0.25, 0.3) is 0 Å². The maximum atomic E-state index is 12.9. The average Bonchev–Trinajstić information content (AvgIpc) is 2.17. The van der Waals surface area contributed by atoms with E-state index in [2.05, 4.69) is 0 Å². The van der Waals surface area contributed by atoms with Crippen molar-refractivity contribution in [2.24, 2.45) is 5.73 Å². The highest BCUT2D eigenvalue weighted by Crippen LogP contribution is 2.27. The van der Waals surface area contributed by atoms with E-state index in [0.717, 1.165) is 0 Å². The predicted octanol–water partition coefficient (Wildman–Crippen LogP) is 3.90. The monoisotopic (exact) mass is 271 g/mol. The summed E-state index contributed by atoms with van der Waals surface area (Å²) in [6.07, 6.45) is -5.41. The maximum absolute atomic E-state index is 12.9. The third-order valence-electron chi connectivity index (χ3n) is 2.38. The van der Waals surface area contributed by atoms with Crippen molar-refractivity contribution in [3.05, 3.63) is 35.1 Å². The van der Waals surface area contributed by atoms with Crippen LogP contribution < -0.4 is 5.73 Å². The summed E-state index contributed by atoms with van der Waals surface area (Å²) in [4.78, 5) is 0. The number of hydrogen-bond donors (Lipinski definition) is 1. The predicted molar refractivity (Wildman–Crippen MR) is 60.6 cm³/mol. The minimum atomic E-state index is -4.22. The van der Waals surface area contributed by atoms with Gasteiger partial charge in [0.05, 0.1) is 0 Å². The quantitative estimate of drug-likeness (QED) is 0.829. The molecule has 1 nitrogen and oxygen atoms in total. The van der Waals surface area contributed by atoms with E-state index in [1.165, 1.54) is 18.2 Å². The molecular weight excluding hydrogens is 258 g/mol. The van der Waals surface area contributed by atoms with Gasteiger partial charge >= 0.3 is 6.18 Å². The minimum absolute atomic E-state index is 0. The Labute approximate surface area is 103 Å². The first kappa shape index (κ1) is 16.2. The molecule has 0 aromatic heterocycles. The highest BCUT2D eigenvalue weighted by atomic mass is 35.5. The van der Waals surface area contributed by atoms with Crippen molar-refractivity contribution >= 4 is 12.4 Å². The lowest BCUT2D eigenvalue weighted by Crippen LogP contribution is -2.16. The summed E-state index contributed by atoms with van der Waals surface area (Å²) in [6.45, 7) is 1.70. The van der Waals surface area contributed by atoms with Gasteiger partial charge in [-0.2, -0.15) is 13.2 Å². The van der Waals surface area contributed by atoms with Crippen molar-refractivity contribution in [1.82, 2.24) is 0 Å². The molecule has 0 aliphatic rings. The van der Waals surface area contributed by atoms with Gasteiger partial charge in [-0.1, -0.05) is 6.07 Å². The molecule has 0 unspecified atom stereocenters. The molecule has 1 aromatic carbocycles. The summed E-state index contributed by atoms with van der Waals surface area (Å²) in [5.74, 6) is -0.483. The van der Waals surface area contributed by atoms with Crippen LogP contribution in [0.3, 0.4) is 0 Å². The number of alkyl halides is 3. The van der Waals surface area contributed by atoms with Gasteiger partial charge in [0.2, 0.25) is 0 Å². The van der Waals surface area contributed by atoms with Crippen molar-refractivity contribution in [1.29, 1.82) is 0 Å². The van der Waals surface area contributed by atoms with Crippen LogP contribution in [0.15, 0.2) is 18.2 Å². The maximum Gasteiger partial charge on any atom is 0.389 e. The van der Waals surface area contributed by atoms with E-state index in [9.17, 15) is 17.6 Å². The van der Waals surface area contributed by atoms with Gasteiger partial charge in [-0.25, -0.2) is 4.39 Å². The van der Waals surface area contributed by atoms with Gasteiger partial charge in [-0.05, 0) is 36.6 Å². The molecule has 1 atom stereocenters. The number of halogens is 5. The summed E-state index contributed by atoms with van der Waals surface area (Å²) in [5, 5.41) is 0. The fourth-order valence-corrected chi connectivity index (χ4v) is 1.49. The lowest BCUT2D eigenvalue weighted by atomic mass is 9.98. The summed E-state index contributed by atoms with van der Waals surface area (Å²) in [7, 11) is 0. The minimum Gasteiger partial charge on any atom is -0.324 e. The lowest BCUT2D eigenvalue weighted by molar-refractivity contribution is -0.136. The summed E-state index contributed by atoms with van der Waals surface area (Å²) >= 11 is 0. The second kappa shape index (κ2) is 6.21. The van der Waals surface area contributed by atoms with Crippen LogP contribution in [0.1, 0.15) is 30.0 Å². The highest BCUT2D eigenvalue weighted by molar-refractivity contribution is 5.85. The molecule has 1 aromatic rings. The van der Waals surface area contributed by atoms with Crippen LogP contribution in [-0.2, 0) is 0 Å². The van der Waals surface area contributed by atoms with Crippen LogP contribution in [-0.4, -0.2) is 6.18 Å². The molecule has 98 valence electrons. The van der Waals surface area contributed by atoms with Crippen molar-refractivity contribution in [2.75, 3.05) is 0 Å². The highest BCUT2D eigenvalue weighted by Gasteiger charge is 2.28. The molecule has 2 N–H and O–H groups in total. The molecule has 0 aliphatic carbocycles. The van der Waals surface area contributed by atoms with E-state index in [1.54, 1.807) is 6.92 Å².